The number of amides is 1. The van der Waals surface area contributed by atoms with Crippen LogP contribution in [0.15, 0.2) is 48.5 Å². The zero-order chi connectivity index (χ0) is 18.4. The number of anilines is 1. The van der Waals surface area contributed by atoms with Gasteiger partial charge in [0.15, 0.2) is 11.5 Å². The van der Waals surface area contributed by atoms with E-state index in [2.05, 4.69) is 34.5 Å². The van der Waals surface area contributed by atoms with Crippen LogP contribution in [0.25, 0.3) is 0 Å². The highest BCUT2D eigenvalue weighted by Gasteiger charge is 2.30. The Hall–Kier alpha value is -2.53. The van der Waals surface area contributed by atoms with E-state index in [0.717, 1.165) is 38.0 Å². The first-order valence-electron chi connectivity index (χ1n) is 9.02. The molecule has 138 valence electrons. The highest BCUT2D eigenvalue weighted by molar-refractivity contribution is 5.95. The highest BCUT2D eigenvalue weighted by Crippen LogP contribution is 2.30. The van der Waals surface area contributed by atoms with E-state index in [1.165, 1.54) is 5.56 Å². The molecule has 0 bridgehead atoms. The van der Waals surface area contributed by atoms with E-state index < -0.39 is 0 Å². The lowest BCUT2D eigenvalue weighted by molar-refractivity contribution is -0.120. The summed E-state index contributed by atoms with van der Waals surface area (Å²) in [6, 6.07) is 15.8. The molecule has 1 saturated heterocycles. The lowest BCUT2D eigenvalue weighted by atomic mass is 10.1. The maximum atomic E-state index is 12.8. The Morgan fingerprint density at radius 1 is 1.12 bits per heavy atom. The van der Waals surface area contributed by atoms with Gasteiger partial charge >= 0.3 is 0 Å². The van der Waals surface area contributed by atoms with Crippen LogP contribution < -0.4 is 14.8 Å². The normalized spacial score (nSPS) is 17.1. The van der Waals surface area contributed by atoms with Crippen molar-refractivity contribution in [3.63, 3.8) is 0 Å². The Balaban J connectivity index is 1.61. The van der Waals surface area contributed by atoms with Crippen LogP contribution in [0.3, 0.4) is 0 Å². The molecule has 5 heteroatoms. The molecule has 0 aliphatic carbocycles. The molecule has 1 atom stereocenters. The number of carbonyl (C=O) groups excluding carboxylic acids is 1. The van der Waals surface area contributed by atoms with Crippen molar-refractivity contribution in [1.82, 2.24) is 4.90 Å². The lowest BCUT2D eigenvalue weighted by Gasteiger charge is -2.23. The molecule has 5 nitrogen and oxygen atoms in total. The molecule has 1 amide bonds. The van der Waals surface area contributed by atoms with Crippen LogP contribution in [0.5, 0.6) is 11.5 Å². The largest absolute Gasteiger partial charge is 0.493 e. The summed E-state index contributed by atoms with van der Waals surface area (Å²) in [4.78, 5) is 15.0. The molecule has 0 spiro atoms. The molecule has 3 rings (SSSR count). The molecular formula is C21H26N2O3. The number of carbonyl (C=O) groups is 1. The number of benzene rings is 2. The third kappa shape index (κ3) is 4.35. The van der Waals surface area contributed by atoms with Crippen molar-refractivity contribution in [3.05, 3.63) is 54.1 Å². The van der Waals surface area contributed by atoms with Gasteiger partial charge in [0.2, 0.25) is 5.91 Å². The Bertz CT molecular complexity index is 733. The highest BCUT2D eigenvalue weighted by atomic mass is 16.5. The summed E-state index contributed by atoms with van der Waals surface area (Å²) in [5, 5.41) is 3.02. The Kier molecular flexibility index (Phi) is 6.12. The number of hydrogen-bond donors (Lipinski definition) is 1. The first kappa shape index (κ1) is 18.3. The first-order chi connectivity index (χ1) is 12.7. The molecule has 1 heterocycles. The second-order valence-electron chi connectivity index (χ2n) is 6.49. The van der Waals surface area contributed by atoms with Crippen molar-refractivity contribution in [2.75, 3.05) is 32.6 Å². The molecule has 2 aromatic carbocycles. The molecule has 1 aliphatic rings. The third-order valence-corrected chi connectivity index (χ3v) is 4.85. The minimum atomic E-state index is -0.0770. The average molecular weight is 354 g/mol. The topological polar surface area (TPSA) is 50.8 Å². The molecule has 26 heavy (non-hydrogen) atoms. The fourth-order valence-electron chi connectivity index (χ4n) is 3.45. The summed E-state index contributed by atoms with van der Waals surface area (Å²) < 4.78 is 10.5. The number of methoxy groups -OCH3 is 2. The van der Waals surface area contributed by atoms with Gasteiger partial charge in [0, 0.05) is 18.3 Å². The molecule has 0 radical (unpaired) electrons. The van der Waals surface area contributed by atoms with Crippen molar-refractivity contribution in [1.29, 1.82) is 0 Å². The number of ether oxygens (including phenoxy) is 2. The van der Waals surface area contributed by atoms with Crippen LogP contribution in [-0.2, 0) is 11.2 Å². The summed E-state index contributed by atoms with van der Waals surface area (Å²) in [7, 11) is 3.19. The predicted molar refractivity (Wildman–Crippen MR) is 103 cm³/mol. The van der Waals surface area contributed by atoms with E-state index in [-0.39, 0.29) is 11.9 Å². The molecule has 2 aromatic rings. The lowest BCUT2D eigenvalue weighted by Crippen LogP contribution is -2.40. The first-order valence-corrected chi connectivity index (χ1v) is 9.02. The van der Waals surface area contributed by atoms with Crippen LogP contribution in [0.2, 0.25) is 0 Å². The van der Waals surface area contributed by atoms with Gasteiger partial charge in [-0.15, -0.1) is 0 Å². The van der Waals surface area contributed by atoms with Gasteiger partial charge in [-0.2, -0.15) is 0 Å². The van der Waals surface area contributed by atoms with Crippen LogP contribution >= 0.6 is 0 Å². The average Bonchev–Trinajstić information content (AvgIpc) is 3.16. The SMILES string of the molecule is COc1ccc(NC(=O)C2CCCN2CCc2ccccc2)cc1OC. The molecule has 0 aromatic heterocycles. The maximum absolute atomic E-state index is 12.8. The van der Waals surface area contributed by atoms with E-state index in [0.29, 0.717) is 11.5 Å². The second kappa shape index (κ2) is 8.72. The monoisotopic (exact) mass is 354 g/mol. The van der Waals surface area contributed by atoms with Crippen LogP contribution in [0.1, 0.15) is 18.4 Å². The van der Waals surface area contributed by atoms with Gasteiger partial charge in [0.1, 0.15) is 0 Å². The molecule has 1 unspecified atom stereocenters. The van der Waals surface area contributed by atoms with Crippen molar-refractivity contribution < 1.29 is 14.3 Å². The third-order valence-electron chi connectivity index (χ3n) is 4.85. The van der Waals surface area contributed by atoms with Gasteiger partial charge in [0.05, 0.1) is 20.3 Å². The van der Waals surface area contributed by atoms with Gasteiger partial charge in [-0.05, 0) is 43.5 Å². The fourth-order valence-corrected chi connectivity index (χ4v) is 3.45. The van der Waals surface area contributed by atoms with Gasteiger partial charge < -0.3 is 14.8 Å². The number of rotatable bonds is 7. The molecule has 1 N–H and O–H groups in total. The summed E-state index contributed by atoms with van der Waals surface area (Å²) in [6.07, 6.45) is 2.91. The van der Waals surface area contributed by atoms with Gasteiger partial charge in [0.25, 0.3) is 0 Å². The molecule has 0 saturated carbocycles. The molecular weight excluding hydrogens is 328 g/mol. The number of likely N-dealkylation sites (tertiary alicyclic amines) is 1. The Morgan fingerprint density at radius 3 is 2.62 bits per heavy atom. The van der Waals surface area contributed by atoms with Crippen molar-refractivity contribution in [2.24, 2.45) is 0 Å². The molecule has 1 fully saturated rings. The zero-order valence-corrected chi connectivity index (χ0v) is 15.4. The summed E-state index contributed by atoms with van der Waals surface area (Å²) in [5.74, 6) is 1.30. The predicted octanol–water partition coefficient (Wildman–Crippen LogP) is 3.35. The van der Waals surface area contributed by atoms with Crippen LogP contribution in [-0.4, -0.2) is 44.2 Å². The van der Waals surface area contributed by atoms with Crippen LogP contribution in [0, 0.1) is 0 Å². The van der Waals surface area contributed by atoms with E-state index in [1.54, 1.807) is 26.4 Å². The fraction of sp³-hybridized carbons (Fsp3) is 0.381. The van der Waals surface area contributed by atoms with Crippen molar-refractivity contribution >= 4 is 11.6 Å². The van der Waals surface area contributed by atoms with E-state index in [9.17, 15) is 4.79 Å². The minimum absolute atomic E-state index is 0.0442. The number of nitrogens with one attached hydrogen (secondary N) is 1. The quantitative estimate of drug-likeness (QED) is 0.828. The minimum Gasteiger partial charge on any atom is -0.493 e. The summed E-state index contributed by atoms with van der Waals surface area (Å²) in [5.41, 5.74) is 2.03. The van der Waals surface area contributed by atoms with E-state index in [4.69, 9.17) is 9.47 Å². The molecule has 1 aliphatic heterocycles. The summed E-state index contributed by atoms with van der Waals surface area (Å²) >= 11 is 0. The second-order valence-corrected chi connectivity index (χ2v) is 6.49. The van der Waals surface area contributed by atoms with Gasteiger partial charge in [-0.1, -0.05) is 30.3 Å². The standard InChI is InChI=1S/C21H26N2O3/c1-25-19-11-10-17(15-20(19)26-2)22-21(24)18-9-6-13-23(18)14-12-16-7-4-3-5-8-16/h3-5,7-8,10-11,15,18H,6,9,12-14H2,1-2H3,(H,22,24). The zero-order valence-electron chi connectivity index (χ0n) is 15.4. The van der Waals surface area contributed by atoms with Gasteiger partial charge in [-0.25, -0.2) is 0 Å². The smallest absolute Gasteiger partial charge is 0.241 e. The van der Waals surface area contributed by atoms with Crippen molar-refractivity contribution in [3.8, 4) is 11.5 Å². The van der Waals surface area contributed by atoms with E-state index in [1.807, 2.05) is 12.1 Å². The Morgan fingerprint density at radius 2 is 1.88 bits per heavy atom. The maximum Gasteiger partial charge on any atom is 0.241 e. The van der Waals surface area contributed by atoms with Crippen molar-refractivity contribution in [2.45, 2.75) is 25.3 Å². The Labute approximate surface area is 154 Å². The number of hydrogen-bond acceptors (Lipinski definition) is 4. The van der Waals surface area contributed by atoms with E-state index >= 15 is 0 Å². The number of nitrogens with zero attached hydrogens (tertiary/aromatic N) is 1. The summed E-state index contributed by atoms with van der Waals surface area (Å²) in [6.45, 7) is 1.87. The van der Waals surface area contributed by atoms with Gasteiger partial charge in [-0.3, -0.25) is 9.69 Å². The van der Waals surface area contributed by atoms with Crippen LogP contribution in [0.4, 0.5) is 5.69 Å².